The fourth-order valence-electron chi connectivity index (χ4n) is 2.82. The Morgan fingerprint density at radius 2 is 1.76 bits per heavy atom. The standard InChI is InChI=1S/C20H24N2O6S/c1-14(2)28-17-7-5-16(6-8-17)22(29(3,24)25)13-20(23)21-15-4-9-18-19(12-15)27-11-10-26-18/h4-9,12,14H,10-11,13H2,1-3H3,(H,21,23). The predicted octanol–water partition coefficient (Wildman–Crippen LogP) is 2.65. The fraction of sp³-hybridized carbons (Fsp3) is 0.350. The summed E-state index contributed by atoms with van der Waals surface area (Å²) in [6, 6.07) is 11.6. The van der Waals surface area contributed by atoms with Crippen molar-refractivity contribution in [2.24, 2.45) is 0 Å². The Bertz CT molecular complexity index is 973. The smallest absolute Gasteiger partial charge is 0.245 e. The van der Waals surface area contributed by atoms with Crippen LogP contribution >= 0.6 is 0 Å². The van der Waals surface area contributed by atoms with Gasteiger partial charge in [-0.15, -0.1) is 0 Å². The molecule has 1 aliphatic rings. The Kier molecular flexibility index (Phi) is 6.17. The number of fused-ring (bicyclic) bond motifs is 1. The van der Waals surface area contributed by atoms with E-state index in [1.807, 2.05) is 13.8 Å². The molecule has 2 aromatic carbocycles. The normalized spacial score (nSPS) is 13.1. The van der Waals surface area contributed by atoms with Crippen LogP contribution < -0.4 is 23.8 Å². The lowest BCUT2D eigenvalue weighted by Crippen LogP contribution is -2.37. The third-order valence-electron chi connectivity index (χ3n) is 4.01. The van der Waals surface area contributed by atoms with Crippen molar-refractivity contribution in [1.82, 2.24) is 0 Å². The molecule has 0 bridgehead atoms. The number of benzene rings is 2. The molecule has 1 aliphatic heterocycles. The highest BCUT2D eigenvalue weighted by atomic mass is 32.2. The van der Waals surface area contributed by atoms with Crippen LogP contribution in [0.15, 0.2) is 42.5 Å². The van der Waals surface area contributed by atoms with Gasteiger partial charge in [0.1, 0.15) is 25.5 Å². The van der Waals surface area contributed by atoms with E-state index in [2.05, 4.69) is 5.32 Å². The van der Waals surface area contributed by atoms with Gasteiger partial charge in [0.25, 0.3) is 0 Å². The van der Waals surface area contributed by atoms with Crippen molar-refractivity contribution in [2.45, 2.75) is 20.0 Å². The minimum absolute atomic E-state index is 0.00337. The molecule has 0 unspecified atom stereocenters. The number of hydrogen-bond donors (Lipinski definition) is 1. The van der Waals surface area contributed by atoms with E-state index in [1.54, 1.807) is 42.5 Å². The average Bonchev–Trinajstić information content (AvgIpc) is 2.65. The quantitative estimate of drug-likeness (QED) is 0.740. The van der Waals surface area contributed by atoms with Crippen molar-refractivity contribution in [3.05, 3.63) is 42.5 Å². The summed E-state index contributed by atoms with van der Waals surface area (Å²) in [5.41, 5.74) is 0.870. The van der Waals surface area contributed by atoms with Crippen LogP contribution in [0.5, 0.6) is 17.2 Å². The zero-order valence-electron chi connectivity index (χ0n) is 16.5. The summed E-state index contributed by atoms with van der Waals surface area (Å²) in [7, 11) is -3.67. The van der Waals surface area contributed by atoms with Gasteiger partial charge in [-0.1, -0.05) is 0 Å². The van der Waals surface area contributed by atoms with Gasteiger partial charge in [-0.25, -0.2) is 8.42 Å². The minimum Gasteiger partial charge on any atom is -0.491 e. The van der Waals surface area contributed by atoms with Crippen molar-refractivity contribution in [2.75, 3.05) is 35.6 Å². The van der Waals surface area contributed by atoms with E-state index >= 15 is 0 Å². The first kappa shape index (κ1) is 20.8. The van der Waals surface area contributed by atoms with Crippen LogP contribution in [0, 0.1) is 0 Å². The monoisotopic (exact) mass is 420 g/mol. The van der Waals surface area contributed by atoms with Crippen molar-refractivity contribution < 1.29 is 27.4 Å². The van der Waals surface area contributed by atoms with Gasteiger partial charge in [-0.2, -0.15) is 0 Å². The Balaban J connectivity index is 1.72. The highest BCUT2D eigenvalue weighted by Gasteiger charge is 2.21. The second-order valence-electron chi connectivity index (χ2n) is 6.84. The number of rotatable bonds is 7. The highest BCUT2D eigenvalue weighted by Crippen LogP contribution is 2.32. The zero-order chi connectivity index (χ0) is 21.0. The minimum atomic E-state index is -3.67. The molecule has 0 radical (unpaired) electrons. The van der Waals surface area contributed by atoms with Gasteiger partial charge >= 0.3 is 0 Å². The predicted molar refractivity (Wildman–Crippen MR) is 110 cm³/mol. The largest absolute Gasteiger partial charge is 0.491 e. The molecular weight excluding hydrogens is 396 g/mol. The molecule has 0 saturated carbocycles. The molecule has 156 valence electrons. The van der Waals surface area contributed by atoms with E-state index in [9.17, 15) is 13.2 Å². The third-order valence-corrected chi connectivity index (χ3v) is 5.15. The van der Waals surface area contributed by atoms with Crippen LogP contribution in [-0.2, 0) is 14.8 Å². The number of carbonyl (C=O) groups is 1. The molecule has 2 aromatic rings. The Labute approximate surface area is 170 Å². The Hall–Kier alpha value is -2.94. The molecule has 0 atom stereocenters. The number of sulfonamides is 1. The lowest BCUT2D eigenvalue weighted by atomic mass is 10.2. The van der Waals surface area contributed by atoms with Crippen LogP contribution in [0.1, 0.15) is 13.8 Å². The van der Waals surface area contributed by atoms with Gasteiger partial charge in [0.2, 0.25) is 15.9 Å². The fourth-order valence-corrected chi connectivity index (χ4v) is 3.67. The van der Waals surface area contributed by atoms with Crippen molar-refractivity contribution in [3.63, 3.8) is 0 Å². The van der Waals surface area contributed by atoms with Gasteiger partial charge < -0.3 is 19.5 Å². The van der Waals surface area contributed by atoms with Crippen LogP contribution in [0.3, 0.4) is 0 Å². The second kappa shape index (κ2) is 8.60. The summed E-state index contributed by atoms with van der Waals surface area (Å²) in [6.45, 7) is 4.35. The molecule has 0 saturated heterocycles. The van der Waals surface area contributed by atoms with Gasteiger partial charge in [0.15, 0.2) is 11.5 Å². The van der Waals surface area contributed by atoms with Crippen molar-refractivity contribution in [3.8, 4) is 17.2 Å². The molecular formula is C20H24N2O6S. The summed E-state index contributed by atoms with van der Waals surface area (Å²) in [6.07, 6.45) is 1.06. The Morgan fingerprint density at radius 1 is 1.10 bits per heavy atom. The molecule has 0 fully saturated rings. The van der Waals surface area contributed by atoms with Crippen LogP contribution in [-0.4, -0.2) is 46.4 Å². The van der Waals surface area contributed by atoms with Crippen molar-refractivity contribution >= 4 is 27.3 Å². The van der Waals surface area contributed by atoms with E-state index in [1.165, 1.54) is 0 Å². The molecule has 0 aliphatic carbocycles. The van der Waals surface area contributed by atoms with Crippen LogP contribution in [0.4, 0.5) is 11.4 Å². The molecule has 3 rings (SSSR count). The SMILES string of the molecule is CC(C)Oc1ccc(N(CC(=O)Nc2ccc3c(c2)OCCO3)S(C)(=O)=O)cc1. The lowest BCUT2D eigenvalue weighted by molar-refractivity contribution is -0.114. The van der Waals surface area contributed by atoms with Gasteiger partial charge in [0.05, 0.1) is 18.0 Å². The number of hydrogen-bond acceptors (Lipinski definition) is 6. The maximum atomic E-state index is 12.5. The first-order chi connectivity index (χ1) is 13.7. The van der Waals surface area contributed by atoms with Gasteiger partial charge in [-0.3, -0.25) is 9.10 Å². The average molecular weight is 420 g/mol. The topological polar surface area (TPSA) is 94.2 Å². The van der Waals surface area contributed by atoms with Gasteiger partial charge in [-0.05, 0) is 50.2 Å². The van der Waals surface area contributed by atoms with Crippen LogP contribution in [0.2, 0.25) is 0 Å². The highest BCUT2D eigenvalue weighted by molar-refractivity contribution is 7.92. The van der Waals surface area contributed by atoms with E-state index in [0.29, 0.717) is 41.8 Å². The number of amides is 1. The number of anilines is 2. The molecule has 1 N–H and O–H groups in total. The molecule has 8 nitrogen and oxygen atoms in total. The van der Waals surface area contributed by atoms with Crippen molar-refractivity contribution in [1.29, 1.82) is 0 Å². The lowest BCUT2D eigenvalue weighted by Gasteiger charge is -2.23. The second-order valence-corrected chi connectivity index (χ2v) is 8.74. The molecule has 0 spiro atoms. The molecule has 29 heavy (non-hydrogen) atoms. The first-order valence-corrected chi connectivity index (χ1v) is 11.0. The van der Waals surface area contributed by atoms with Crippen LogP contribution in [0.25, 0.3) is 0 Å². The number of nitrogens with zero attached hydrogens (tertiary/aromatic N) is 1. The number of nitrogens with one attached hydrogen (secondary N) is 1. The number of carbonyl (C=O) groups excluding carboxylic acids is 1. The van der Waals surface area contributed by atoms with E-state index in [-0.39, 0.29) is 12.6 Å². The third kappa shape index (κ3) is 5.54. The van der Waals surface area contributed by atoms with Gasteiger partial charge in [0, 0.05) is 11.8 Å². The zero-order valence-corrected chi connectivity index (χ0v) is 17.4. The summed E-state index contributed by atoms with van der Waals surface area (Å²) in [4.78, 5) is 12.5. The number of ether oxygens (including phenoxy) is 3. The summed E-state index contributed by atoms with van der Waals surface area (Å²) >= 11 is 0. The molecule has 9 heteroatoms. The maximum Gasteiger partial charge on any atom is 0.245 e. The maximum absolute atomic E-state index is 12.5. The first-order valence-electron chi connectivity index (χ1n) is 9.16. The van der Waals surface area contributed by atoms with E-state index in [4.69, 9.17) is 14.2 Å². The van der Waals surface area contributed by atoms with E-state index < -0.39 is 15.9 Å². The molecule has 1 heterocycles. The molecule has 1 amide bonds. The summed E-state index contributed by atoms with van der Waals surface area (Å²) in [5, 5.41) is 2.70. The summed E-state index contributed by atoms with van der Waals surface area (Å²) < 4.78 is 42.1. The Morgan fingerprint density at radius 3 is 2.38 bits per heavy atom. The summed E-state index contributed by atoms with van der Waals surface area (Å²) in [5.74, 6) is 1.29. The molecule has 0 aromatic heterocycles. The van der Waals surface area contributed by atoms with E-state index in [0.717, 1.165) is 10.6 Å².